The van der Waals surface area contributed by atoms with Gasteiger partial charge in [0.15, 0.2) is 17.3 Å². The maximum absolute atomic E-state index is 14.5. The molecule has 0 unspecified atom stereocenters. The molecule has 2 aromatic heterocycles. The average molecular weight is 503 g/mol. The minimum atomic E-state index is -3.60. The number of imidazole rings is 1. The van der Waals surface area contributed by atoms with E-state index >= 15 is 0 Å². The fourth-order valence-corrected chi connectivity index (χ4v) is 7.86. The highest BCUT2D eigenvalue weighted by molar-refractivity contribution is 8.18. The number of aromatic nitrogens is 4. The van der Waals surface area contributed by atoms with Crippen LogP contribution >= 0.6 is 0 Å². The number of fused-ring (bicyclic) bond motifs is 1. The summed E-state index contributed by atoms with van der Waals surface area (Å²) in [6.07, 6.45) is 1.59. The quantitative estimate of drug-likeness (QED) is 0.471. The van der Waals surface area contributed by atoms with Crippen molar-refractivity contribution in [2.45, 2.75) is 45.4 Å². The van der Waals surface area contributed by atoms with Crippen LogP contribution in [0.25, 0.3) is 16.9 Å². The normalized spacial score (nSPS) is 21.0. The predicted octanol–water partition coefficient (Wildman–Crippen LogP) is 2.38. The summed E-state index contributed by atoms with van der Waals surface area (Å²) in [6, 6.07) is 5.44. The zero-order chi connectivity index (χ0) is 24.8. The van der Waals surface area contributed by atoms with Gasteiger partial charge in [0.25, 0.3) is 5.56 Å². The SMILES string of the molecule is CCCc1nc(C)c2c(=O)[nH]c(-c3cc(S4(=O)(N5CCN(CC)CC5)CO4)ccc3OCC)nn12. The third-order valence-electron chi connectivity index (χ3n) is 6.93. The van der Waals surface area contributed by atoms with Crippen molar-refractivity contribution in [3.05, 3.63) is 40.1 Å². The van der Waals surface area contributed by atoms with E-state index in [1.165, 1.54) is 0 Å². The van der Waals surface area contributed by atoms with Gasteiger partial charge in [-0.3, -0.25) is 4.79 Å². The van der Waals surface area contributed by atoms with Crippen LogP contribution in [0.4, 0.5) is 0 Å². The van der Waals surface area contributed by atoms with Crippen molar-refractivity contribution >= 4 is 15.0 Å². The molecule has 1 aromatic carbocycles. The van der Waals surface area contributed by atoms with Gasteiger partial charge in [0, 0.05) is 32.6 Å². The van der Waals surface area contributed by atoms with E-state index < -0.39 is 9.53 Å². The molecule has 35 heavy (non-hydrogen) atoms. The number of likely N-dealkylation sites (N-methyl/N-ethyl adjacent to an activating group) is 1. The minimum Gasteiger partial charge on any atom is -0.493 e. The summed E-state index contributed by atoms with van der Waals surface area (Å²) in [5.41, 5.74) is 1.39. The van der Waals surface area contributed by atoms with Crippen LogP contribution < -0.4 is 10.3 Å². The first-order valence-electron chi connectivity index (χ1n) is 12.4. The topological polar surface area (TPSA) is 108 Å². The zero-order valence-corrected chi connectivity index (χ0v) is 21.7. The van der Waals surface area contributed by atoms with Gasteiger partial charge in [0.2, 0.25) is 0 Å². The number of aromatic amines is 1. The number of benzene rings is 1. The van der Waals surface area contributed by atoms with Crippen LogP contribution in [-0.2, 0) is 20.1 Å². The van der Waals surface area contributed by atoms with Crippen LogP contribution in [0.5, 0.6) is 5.75 Å². The highest BCUT2D eigenvalue weighted by Gasteiger charge is 2.54. The van der Waals surface area contributed by atoms with E-state index in [4.69, 9.17) is 14.0 Å². The first kappa shape index (κ1) is 24.1. The summed E-state index contributed by atoms with van der Waals surface area (Å²) >= 11 is 0. The first-order chi connectivity index (χ1) is 16.8. The molecule has 0 radical (unpaired) electrons. The number of piperazine rings is 1. The Balaban J connectivity index is 1.63. The lowest BCUT2D eigenvalue weighted by Gasteiger charge is -2.43. The van der Waals surface area contributed by atoms with Crippen LogP contribution in [0.3, 0.4) is 0 Å². The lowest BCUT2D eigenvalue weighted by atomic mass is 10.2. The number of nitrogens with one attached hydrogen (secondary N) is 1. The second-order valence-electron chi connectivity index (χ2n) is 9.10. The zero-order valence-electron chi connectivity index (χ0n) is 20.9. The Morgan fingerprint density at radius 1 is 1.17 bits per heavy atom. The largest absolute Gasteiger partial charge is 0.493 e. The summed E-state index contributed by atoms with van der Waals surface area (Å²) in [5, 5.41) is 4.76. The van der Waals surface area contributed by atoms with Crippen molar-refractivity contribution in [3.8, 4) is 17.1 Å². The third-order valence-corrected chi connectivity index (χ3v) is 10.4. The van der Waals surface area contributed by atoms with Gasteiger partial charge in [0.05, 0.1) is 22.8 Å². The highest BCUT2D eigenvalue weighted by Crippen LogP contribution is 2.54. The number of ether oxygens (including phenoxy) is 1. The molecule has 2 fully saturated rings. The van der Waals surface area contributed by atoms with Gasteiger partial charge in [-0.25, -0.2) is 18.0 Å². The Morgan fingerprint density at radius 3 is 2.54 bits per heavy atom. The van der Waals surface area contributed by atoms with Crippen LogP contribution in [0.15, 0.2) is 27.9 Å². The average Bonchev–Trinajstić information content (AvgIpc) is 3.49. The molecule has 0 saturated carbocycles. The number of hydrogen-bond donors (Lipinski definition) is 1. The summed E-state index contributed by atoms with van der Waals surface area (Å²) in [4.78, 5) is 23.5. The van der Waals surface area contributed by atoms with Crippen molar-refractivity contribution < 1.29 is 13.1 Å². The van der Waals surface area contributed by atoms with Gasteiger partial charge >= 0.3 is 0 Å². The van der Waals surface area contributed by atoms with Gasteiger partial charge in [-0.05, 0) is 45.0 Å². The number of H-pyrrole nitrogens is 1. The molecule has 3 aromatic rings. The Bertz CT molecular complexity index is 1380. The lowest BCUT2D eigenvalue weighted by Crippen LogP contribution is -2.52. The smallest absolute Gasteiger partial charge is 0.277 e. The number of nitrogens with zero attached hydrogens (tertiary/aromatic N) is 5. The Hall–Kier alpha value is -2.60. The minimum absolute atomic E-state index is 0.182. The van der Waals surface area contributed by atoms with Gasteiger partial charge in [-0.2, -0.15) is 4.21 Å². The summed E-state index contributed by atoms with van der Waals surface area (Å²) in [7, 11) is -3.60. The Labute approximate surface area is 205 Å². The van der Waals surface area contributed by atoms with Gasteiger partial charge in [-0.15, -0.1) is 5.10 Å². The Morgan fingerprint density at radius 2 is 1.91 bits per heavy atom. The molecule has 2 saturated heterocycles. The molecule has 11 heteroatoms. The van der Waals surface area contributed by atoms with Crippen molar-refractivity contribution in [1.29, 1.82) is 0 Å². The number of aryl methyl sites for hydroxylation is 2. The van der Waals surface area contributed by atoms with Crippen LogP contribution in [0.1, 0.15) is 38.7 Å². The fraction of sp³-hybridized carbons (Fsp3) is 0.542. The molecule has 190 valence electrons. The predicted molar refractivity (Wildman–Crippen MR) is 135 cm³/mol. The standard InChI is InChI=1S/C24H34N6O4S/c1-5-8-21-25-17(4)22-24(31)26-23(27-30(21)22)19-15-18(9-10-20(19)33-7-3)35(32,16-34-35)29-13-11-28(6-2)12-14-29/h9-10,15H,5-8,11-14,16H2,1-4H3,(H,26,27,31). The van der Waals surface area contributed by atoms with E-state index in [-0.39, 0.29) is 11.5 Å². The van der Waals surface area contributed by atoms with Crippen molar-refractivity contribution in [1.82, 2.24) is 28.8 Å². The molecular formula is C24H34N6O4S. The molecule has 4 heterocycles. The maximum Gasteiger partial charge on any atom is 0.277 e. The summed E-state index contributed by atoms with van der Waals surface area (Å²) in [5.74, 6) is 1.83. The van der Waals surface area contributed by atoms with E-state index in [0.29, 0.717) is 59.4 Å². The van der Waals surface area contributed by atoms with Crippen LogP contribution in [0.2, 0.25) is 0 Å². The molecule has 0 atom stereocenters. The van der Waals surface area contributed by atoms with Crippen molar-refractivity contribution in [3.63, 3.8) is 0 Å². The number of hydrogen-bond acceptors (Lipinski definition) is 7. The van der Waals surface area contributed by atoms with E-state index in [2.05, 4.69) is 28.7 Å². The molecule has 0 aliphatic carbocycles. The van der Waals surface area contributed by atoms with Crippen molar-refractivity contribution in [2.75, 3.05) is 45.3 Å². The molecule has 5 rings (SSSR count). The summed E-state index contributed by atoms with van der Waals surface area (Å²) in [6.45, 7) is 12.4. The molecule has 10 nitrogen and oxygen atoms in total. The van der Waals surface area contributed by atoms with E-state index in [1.54, 1.807) is 10.6 Å². The van der Waals surface area contributed by atoms with E-state index in [0.717, 1.165) is 31.9 Å². The fourth-order valence-electron chi connectivity index (χ4n) is 4.88. The molecule has 0 bridgehead atoms. The monoisotopic (exact) mass is 502 g/mol. The molecule has 0 spiro atoms. The third kappa shape index (κ3) is 3.90. The molecular weight excluding hydrogens is 468 g/mol. The van der Waals surface area contributed by atoms with Crippen molar-refractivity contribution in [2.24, 2.45) is 0 Å². The Kier molecular flexibility index (Phi) is 6.07. The highest BCUT2D eigenvalue weighted by atomic mass is 32.3. The van der Waals surface area contributed by atoms with Crippen LogP contribution in [0, 0.1) is 6.92 Å². The number of rotatable bonds is 8. The van der Waals surface area contributed by atoms with E-state index in [1.807, 2.05) is 30.3 Å². The second kappa shape index (κ2) is 8.81. The molecule has 1 N–H and O–H groups in total. The second-order valence-corrected chi connectivity index (χ2v) is 12.5. The summed E-state index contributed by atoms with van der Waals surface area (Å²) < 4.78 is 29.8. The van der Waals surface area contributed by atoms with Gasteiger partial charge in [-0.1, -0.05) is 23.4 Å². The molecule has 2 aliphatic heterocycles. The molecule has 0 amide bonds. The van der Waals surface area contributed by atoms with E-state index in [9.17, 15) is 9.00 Å². The van der Waals surface area contributed by atoms with Crippen LogP contribution in [-0.4, -0.2) is 78.3 Å². The maximum atomic E-state index is 14.5. The van der Waals surface area contributed by atoms with Gasteiger partial charge in [0.1, 0.15) is 11.6 Å². The lowest BCUT2D eigenvalue weighted by molar-refractivity contribution is 0.194. The molecule has 2 aliphatic rings. The first-order valence-corrected chi connectivity index (χ1v) is 14.4. The van der Waals surface area contributed by atoms with Gasteiger partial charge < -0.3 is 14.6 Å².